The first kappa shape index (κ1) is 15.3. The van der Waals surface area contributed by atoms with Gasteiger partial charge in [-0.3, -0.25) is 4.79 Å². The van der Waals surface area contributed by atoms with Gasteiger partial charge in [-0.2, -0.15) is 0 Å². The fraction of sp³-hybridized carbons (Fsp3) is 0.188. The predicted octanol–water partition coefficient (Wildman–Crippen LogP) is 3.98. The zero-order valence-corrected chi connectivity index (χ0v) is 12.4. The summed E-state index contributed by atoms with van der Waals surface area (Å²) in [6, 6.07) is 11.1. The molecule has 1 amide bonds. The average Bonchev–Trinajstić information content (AvgIpc) is 2.46. The summed E-state index contributed by atoms with van der Waals surface area (Å²) in [6.07, 6.45) is 0. The Labute approximate surface area is 127 Å². The van der Waals surface area contributed by atoms with Crippen molar-refractivity contribution in [3.63, 3.8) is 0 Å². The van der Waals surface area contributed by atoms with Crippen LogP contribution in [0.3, 0.4) is 0 Å². The van der Waals surface area contributed by atoms with E-state index in [1.807, 2.05) is 18.2 Å². The molecule has 3 nitrogen and oxygen atoms in total. The summed E-state index contributed by atoms with van der Waals surface area (Å²) >= 11 is 5.89. The number of rotatable bonds is 4. The van der Waals surface area contributed by atoms with Gasteiger partial charge >= 0.3 is 0 Å². The fourth-order valence-electron chi connectivity index (χ4n) is 2.09. The molecule has 0 saturated heterocycles. The van der Waals surface area contributed by atoms with Crippen LogP contribution in [0.4, 0.5) is 4.39 Å². The van der Waals surface area contributed by atoms with Gasteiger partial charge < -0.3 is 10.1 Å². The van der Waals surface area contributed by atoms with Crippen molar-refractivity contribution >= 4 is 17.5 Å². The van der Waals surface area contributed by atoms with Gasteiger partial charge in [0.25, 0.3) is 5.91 Å². The van der Waals surface area contributed by atoms with Crippen LogP contribution in [0.5, 0.6) is 5.75 Å². The lowest BCUT2D eigenvalue weighted by Crippen LogP contribution is -2.28. The van der Waals surface area contributed by atoms with E-state index in [2.05, 4.69) is 5.32 Å². The molecule has 0 saturated carbocycles. The van der Waals surface area contributed by atoms with Gasteiger partial charge in [-0.1, -0.05) is 35.9 Å². The Morgan fingerprint density at radius 3 is 2.62 bits per heavy atom. The Hall–Kier alpha value is -2.07. The van der Waals surface area contributed by atoms with Gasteiger partial charge in [0.1, 0.15) is 11.6 Å². The third kappa shape index (κ3) is 3.34. The predicted molar refractivity (Wildman–Crippen MR) is 80.3 cm³/mol. The van der Waals surface area contributed by atoms with Crippen molar-refractivity contribution in [1.29, 1.82) is 0 Å². The molecule has 2 aromatic carbocycles. The number of nitrogens with one attached hydrogen (secondary N) is 1. The second kappa shape index (κ2) is 6.59. The lowest BCUT2D eigenvalue weighted by molar-refractivity contribution is 0.0935. The van der Waals surface area contributed by atoms with E-state index in [0.29, 0.717) is 5.75 Å². The molecule has 0 spiro atoms. The first-order valence-electron chi connectivity index (χ1n) is 6.42. The number of hydrogen-bond acceptors (Lipinski definition) is 2. The first-order valence-corrected chi connectivity index (χ1v) is 6.80. The molecule has 110 valence electrons. The van der Waals surface area contributed by atoms with Crippen LogP contribution in [0.2, 0.25) is 5.02 Å². The second-order valence-electron chi connectivity index (χ2n) is 4.53. The van der Waals surface area contributed by atoms with E-state index in [-0.39, 0.29) is 16.6 Å². The van der Waals surface area contributed by atoms with Crippen LogP contribution < -0.4 is 10.1 Å². The highest BCUT2D eigenvalue weighted by atomic mass is 35.5. The Bertz CT molecular complexity index is 640. The van der Waals surface area contributed by atoms with Crippen molar-refractivity contribution in [2.75, 3.05) is 7.11 Å². The number of methoxy groups -OCH3 is 1. The summed E-state index contributed by atoms with van der Waals surface area (Å²) in [7, 11) is 1.56. The monoisotopic (exact) mass is 307 g/mol. The molecule has 0 aliphatic heterocycles. The molecule has 0 aliphatic rings. The summed E-state index contributed by atoms with van der Waals surface area (Å²) in [5, 5.41) is 2.81. The van der Waals surface area contributed by atoms with E-state index < -0.39 is 11.7 Å². The van der Waals surface area contributed by atoms with Gasteiger partial charge in [0.2, 0.25) is 0 Å². The number of halogens is 2. The molecular weight excluding hydrogens is 293 g/mol. The number of ether oxygens (including phenoxy) is 1. The topological polar surface area (TPSA) is 38.3 Å². The first-order chi connectivity index (χ1) is 10.0. The zero-order valence-electron chi connectivity index (χ0n) is 11.7. The Morgan fingerprint density at radius 2 is 1.95 bits per heavy atom. The van der Waals surface area contributed by atoms with E-state index in [9.17, 15) is 9.18 Å². The summed E-state index contributed by atoms with van der Waals surface area (Å²) in [5.41, 5.74) is 0.654. The number of carbonyl (C=O) groups excluding carboxylic acids is 1. The van der Waals surface area contributed by atoms with Crippen LogP contribution in [0.1, 0.15) is 28.9 Å². The molecular formula is C16H15ClFNO2. The number of amides is 1. The zero-order chi connectivity index (χ0) is 15.4. The van der Waals surface area contributed by atoms with E-state index in [4.69, 9.17) is 16.3 Å². The van der Waals surface area contributed by atoms with Crippen molar-refractivity contribution in [3.8, 4) is 5.75 Å². The lowest BCUT2D eigenvalue weighted by Gasteiger charge is -2.17. The van der Waals surface area contributed by atoms with Gasteiger partial charge in [0.15, 0.2) is 0 Å². The third-order valence-corrected chi connectivity index (χ3v) is 3.46. The molecule has 5 heteroatoms. The minimum Gasteiger partial charge on any atom is -0.496 e. The molecule has 0 aliphatic carbocycles. The summed E-state index contributed by atoms with van der Waals surface area (Å²) in [6.45, 7) is 1.80. The van der Waals surface area contributed by atoms with Crippen molar-refractivity contribution in [3.05, 3.63) is 64.4 Å². The van der Waals surface area contributed by atoms with Gasteiger partial charge in [0, 0.05) is 5.56 Å². The summed E-state index contributed by atoms with van der Waals surface area (Å²) in [4.78, 5) is 12.2. The SMILES string of the molecule is COc1ccccc1[C@@H](C)NC(=O)c1c(F)cccc1Cl. The molecule has 0 unspecified atom stereocenters. The van der Waals surface area contributed by atoms with Crippen LogP contribution in [-0.2, 0) is 0 Å². The molecule has 2 rings (SSSR count). The number of benzene rings is 2. The highest BCUT2D eigenvalue weighted by Crippen LogP contribution is 2.25. The molecule has 1 N–H and O–H groups in total. The Morgan fingerprint density at radius 1 is 1.24 bits per heavy atom. The van der Waals surface area contributed by atoms with Crippen LogP contribution in [0, 0.1) is 5.82 Å². The van der Waals surface area contributed by atoms with Crippen molar-refractivity contribution in [1.82, 2.24) is 5.32 Å². The second-order valence-corrected chi connectivity index (χ2v) is 4.94. The van der Waals surface area contributed by atoms with E-state index in [1.54, 1.807) is 20.1 Å². The van der Waals surface area contributed by atoms with Gasteiger partial charge in [-0.25, -0.2) is 4.39 Å². The highest BCUT2D eigenvalue weighted by Gasteiger charge is 2.19. The lowest BCUT2D eigenvalue weighted by atomic mass is 10.1. The quantitative estimate of drug-likeness (QED) is 0.928. The Balaban J connectivity index is 2.23. The summed E-state index contributed by atoms with van der Waals surface area (Å²) < 4.78 is 19.0. The largest absolute Gasteiger partial charge is 0.496 e. The maximum absolute atomic E-state index is 13.7. The molecule has 0 heterocycles. The molecule has 2 aromatic rings. The van der Waals surface area contributed by atoms with Crippen molar-refractivity contribution < 1.29 is 13.9 Å². The minimum absolute atomic E-state index is 0.0831. The molecule has 1 atom stereocenters. The maximum Gasteiger partial charge on any atom is 0.256 e. The summed E-state index contributed by atoms with van der Waals surface area (Å²) in [5.74, 6) is -0.548. The smallest absolute Gasteiger partial charge is 0.256 e. The van der Waals surface area contributed by atoms with Crippen LogP contribution >= 0.6 is 11.6 Å². The minimum atomic E-state index is -0.646. The molecule has 0 fully saturated rings. The highest BCUT2D eigenvalue weighted by molar-refractivity contribution is 6.33. The third-order valence-electron chi connectivity index (χ3n) is 3.14. The maximum atomic E-state index is 13.7. The van der Waals surface area contributed by atoms with Gasteiger partial charge in [-0.15, -0.1) is 0 Å². The van der Waals surface area contributed by atoms with Crippen LogP contribution in [0.25, 0.3) is 0 Å². The normalized spacial score (nSPS) is 11.8. The molecule has 0 aromatic heterocycles. The Kier molecular flexibility index (Phi) is 4.81. The van der Waals surface area contributed by atoms with Gasteiger partial charge in [0.05, 0.1) is 23.7 Å². The van der Waals surface area contributed by atoms with Crippen LogP contribution in [-0.4, -0.2) is 13.0 Å². The van der Waals surface area contributed by atoms with E-state index in [1.165, 1.54) is 18.2 Å². The fourth-order valence-corrected chi connectivity index (χ4v) is 2.33. The van der Waals surface area contributed by atoms with Gasteiger partial charge in [-0.05, 0) is 25.1 Å². The molecule has 21 heavy (non-hydrogen) atoms. The average molecular weight is 308 g/mol. The van der Waals surface area contributed by atoms with E-state index >= 15 is 0 Å². The molecule has 0 radical (unpaired) electrons. The number of carbonyl (C=O) groups is 1. The number of para-hydroxylation sites is 1. The number of hydrogen-bond donors (Lipinski definition) is 1. The molecule has 0 bridgehead atoms. The van der Waals surface area contributed by atoms with Crippen molar-refractivity contribution in [2.24, 2.45) is 0 Å². The standard InChI is InChI=1S/C16H15ClFNO2/c1-10(11-6-3-4-9-14(11)21-2)19-16(20)15-12(17)7-5-8-13(15)18/h3-10H,1-2H3,(H,19,20)/t10-/m1/s1. The van der Waals surface area contributed by atoms with Crippen molar-refractivity contribution in [2.45, 2.75) is 13.0 Å². The van der Waals surface area contributed by atoms with E-state index in [0.717, 1.165) is 5.56 Å². The van der Waals surface area contributed by atoms with Crippen LogP contribution in [0.15, 0.2) is 42.5 Å².